The lowest BCUT2D eigenvalue weighted by molar-refractivity contribution is -0.132. The monoisotopic (exact) mass is 321 g/mol. The number of benzene rings is 1. The van der Waals surface area contributed by atoms with Gasteiger partial charge < -0.3 is 4.90 Å². The maximum atomic E-state index is 12.2. The average Bonchev–Trinajstić information content (AvgIpc) is 2.35. The maximum Gasteiger partial charge on any atom is 0.224 e. The number of sulfone groups is 1. The van der Waals surface area contributed by atoms with Gasteiger partial charge in [-0.25, -0.2) is 8.42 Å². The molecule has 1 aromatic carbocycles. The quantitative estimate of drug-likeness (QED) is 0.841. The standard InChI is InChI=1S/C12H13Cl2NO3S/c1-2-15-11(16)5-6-19(17,18)12(15)8-3-4-9(13)10(14)7-8/h3-4,7,12H,2,5-6H2,1H3. The van der Waals surface area contributed by atoms with Crippen LogP contribution in [-0.4, -0.2) is 31.5 Å². The van der Waals surface area contributed by atoms with Crippen LogP contribution >= 0.6 is 23.2 Å². The lowest BCUT2D eigenvalue weighted by Crippen LogP contribution is -2.44. The van der Waals surface area contributed by atoms with Gasteiger partial charge in [0, 0.05) is 13.0 Å². The van der Waals surface area contributed by atoms with E-state index in [0.29, 0.717) is 17.1 Å². The van der Waals surface area contributed by atoms with E-state index >= 15 is 0 Å². The van der Waals surface area contributed by atoms with Crippen LogP contribution in [0.5, 0.6) is 0 Å². The second-order valence-electron chi connectivity index (χ2n) is 4.32. The first kappa shape index (κ1) is 14.6. The van der Waals surface area contributed by atoms with Gasteiger partial charge in [0.1, 0.15) is 0 Å². The molecular formula is C12H13Cl2NO3S. The van der Waals surface area contributed by atoms with Crippen LogP contribution < -0.4 is 0 Å². The summed E-state index contributed by atoms with van der Waals surface area (Å²) < 4.78 is 24.4. The van der Waals surface area contributed by atoms with E-state index in [-0.39, 0.29) is 23.1 Å². The lowest BCUT2D eigenvalue weighted by atomic mass is 10.2. The van der Waals surface area contributed by atoms with Gasteiger partial charge >= 0.3 is 0 Å². The SMILES string of the molecule is CCN1C(=O)CCS(=O)(=O)C1c1ccc(Cl)c(Cl)c1. The van der Waals surface area contributed by atoms with Crippen molar-refractivity contribution in [3.05, 3.63) is 33.8 Å². The second kappa shape index (κ2) is 5.31. The van der Waals surface area contributed by atoms with Crippen LogP contribution in [0.15, 0.2) is 18.2 Å². The number of carbonyl (C=O) groups excluding carboxylic acids is 1. The van der Waals surface area contributed by atoms with Crippen molar-refractivity contribution in [1.82, 2.24) is 4.90 Å². The molecule has 1 aliphatic heterocycles. The second-order valence-corrected chi connectivity index (χ2v) is 7.32. The highest BCUT2D eigenvalue weighted by Crippen LogP contribution is 2.35. The first-order chi connectivity index (χ1) is 8.86. The zero-order valence-electron chi connectivity index (χ0n) is 10.3. The molecule has 0 aliphatic carbocycles. The van der Waals surface area contributed by atoms with Crippen molar-refractivity contribution in [1.29, 1.82) is 0 Å². The van der Waals surface area contributed by atoms with Gasteiger partial charge in [-0.05, 0) is 24.6 Å². The normalized spacial score (nSPS) is 22.6. The van der Waals surface area contributed by atoms with Crippen LogP contribution in [0.4, 0.5) is 0 Å². The van der Waals surface area contributed by atoms with Gasteiger partial charge in [0.25, 0.3) is 0 Å². The van der Waals surface area contributed by atoms with Gasteiger partial charge in [-0.2, -0.15) is 0 Å². The largest absolute Gasteiger partial charge is 0.322 e. The highest BCUT2D eigenvalue weighted by atomic mass is 35.5. The number of carbonyl (C=O) groups is 1. The Bertz CT molecular complexity index is 615. The molecular weight excluding hydrogens is 309 g/mol. The Morgan fingerprint density at radius 2 is 2.00 bits per heavy atom. The molecule has 7 heteroatoms. The Balaban J connectivity index is 2.53. The molecule has 1 heterocycles. The number of nitrogens with zero attached hydrogens (tertiary/aromatic N) is 1. The number of halogens is 2. The molecule has 0 N–H and O–H groups in total. The molecule has 0 radical (unpaired) electrons. The van der Waals surface area contributed by atoms with Gasteiger partial charge in [-0.15, -0.1) is 0 Å². The molecule has 2 rings (SSSR count). The first-order valence-corrected chi connectivity index (χ1v) is 8.30. The first-order valence-electron chi connectivity index (χ1n) is 5.83. The maximum absolute atomic E-state index is 12.2. The van der Waals surface area contributed by atoms with Gasteiger partial charge in [0.15, 0.2) is 15.2 Å². The fourth-order valence-corrected chi connectivity index (χ4v) is 4.41. The van der Waals surface area contributed by atoms with Crippen LogP contribution in [0.2, 0.25) is 10.0 Å². The Morgan fingerprint density at radius 1 is 1.32 bits per heavy atom. The van der Waals surface area contributed by atoms with Crippen LogP contribution in [0.3, 0.4) is 0 Å². The smallest absolute Gasteiger partial charge is 0.224 e. The molecule has 0 saturated carbocycles. The zero-order valence-corrected chi connectivity index (χ0v) is 12.6. The number of amides is 1. The molecule has 4 nitrogen and oxygen atoms in total. The molecule has 1 unspecified atom stereocenters. The summed E-state index contributed by atoms with van der Waals surface area (Å²) >= 11 is 11.8. The third kappa shape index (κ3) is 2.73. The summed E-state index contributed by atoms with van der Waals surface area (Å²) in [6.07, 6.45) is 0.0357. The minimum absolute atomic E-state index is 0.0357. The molecule has 1 amide bonds. The minimum atomic E-state index is -3.40. The van der Waals surface area contributed by atoms with Gasteiger partial charge in [0.05, 0.1) is 15.8 Å². The van der Waals surface area contributed by atoms with Crippen molar-refractivity contribution >= 4 is 38.9 Å². The van der Waals surface area contributed by atoms with Gasteiger partial charge in [-0.1, -0.05) is 29.3 Å². The molecule has 104 valence electrons. The van der Waals surface area contributed by atoms with E-state index in [4.69, 9.17) is 23.2 Å². The highest BCUT2D eigenvalue weighted by molar-refractivity contribution is 7.91. The van der Waals surface area contributed by atoms with E-state index in [9.17, 15) is 13.2 Å². The molecule has 1 saturated heterocycles. The third-order valence-electron chi connectivity index (χ3n) is 3.11. The number of hydrogen-bond donors (Lipinski definition) is 0. The lowest BCUT2D eigenvalue weighted by Gasteiger charge is -2.34. The Labute approximate surface area is 122 Å². The average molecular weight is 322 g/mol. The fraction of sp³-hybridized carbons (Fsp3) is 0.417. The van der Waals surface area contributed by atoms with Crippen molar-refractivity contribution in [3.63, 3.8) is 0 Å². The van der Waals surface area contributed by atoms with Crippen LogP contribution in [-0.2, 0) is 14.6 Å². The highest BCUT2D eigenvalue weighted by Gasteiger charge is 2.39. The molecule has 1 atom stereocenters. The van der Waals surface area contributed by atoms with E-state index < -0.39 is 15.2 Å². The molecule has 1 fully saturated rings. The van der Waals surface area contributed by atoms with Crippen molar-refractivity contribution in [2.75, 3.05) is 12.3 Å². The third-order valence-corrected chi connectivity index (χ3v) is 5.83. The fourth-order valence-electron chi connectivity index (χ4n) is 2.20. The van der Waals surface area contributed by atoms with Crippen molar-refractivity contribution in [2.24, 2.45) is 0 Å². The molecule has 1 aromatic rings. The van der Waals surface area contributed by atoms with Crippen LogP contribution in [0, 0.1) is 0 Å². The molecule has 0 spiro atoms. The van der Waals surface area contributed by atoms with E-state index in [2.05, 4.69) is 0 Å². The van der Waals surface area contributed by atoms with E-state index in [1.165, 1.54) is 11.0 Å². The topological polar surface area (TPSA) is 54.5 Å². The summed E-state index contributed by atoms with van der Waals surface area (Å²) in [6.45, 7) is 2.09. The molecule has 1 aliphatic rings. The Kier molecular flexibility index (Phi) is 4.08. The van der Waals surface area contributed by atoms with Gasteiger partial charge in [-0.3, -0.25) is 4.79 Å². The molecule has 0 bridgehead atoms. The zero-order chi connectivity index (χ0) is 14.2. The predicted molar refractivity (Wildman–Crippen MR) is 75.0 cm³/mol. The Morgan fingerprint density at radius 3 is 2.58 bits per heavy atom. The van der Waals surface area contributed by atoms with Crippen molar-refractivity contribution < 1.29 is 13.2 Å². The van der Waals surface area contributed by atoms with E-state index in [1.807, 2.05) is 0 Å². The minimum Gasteiger partial charge on any atom is -0.322 e. The van der Waals surface area contributed by atoms with Crippen LogP contribution in [0.25, 0.3) is 0 Å². The van der Waals surface area contributed by atoms with Crippen molar-refractivity contribution in [2.45, 2.75) is 18.7 Å². The number of rotatable bonds is 2. The summed E-state index contributed by atoms with van der Waals surface area (Å²) in [5.41, 5.74) is 0.476. The van der Waals surface area contributed by atoms with E-state index in [0.717, 1.165) is 0 Å². The summed E-state index contributed by atoms with van der Waals surface area (Å²) in [5, 5.41) is -0.329. The van der Waals surface area contributed by atoms with Gasteiger partial charge in [0.2, 0.25) is 5.91 Å². The molecule has 19 heavy (non-hydrogen) atoms. The summed E-state index contributed by atoms with van der Waals surface area (Å²) in [6, 6.07) is 4.65. The predicted octanol–water partition coefficient (Wildman–Crippen LogP) is 2.66. The summed E-state index contributed by atoms with van der Waals surface area (Å²) in [5.74, 6) is -0.291. The van der Waals surface area contributed by atoms with Crippen molar-refractivity contribution in [3.8, 4) is 0 Å². The Hall–Kier alpha value is -0.780. The summed E-state index contributed by atoms with van der Waals surface area (Å²) in [7, 11) is -3.40. The van der Waals surface area contributed by atoms with E-state index in [1.54, 1.807) is 19.1 Å². The molecule has 0 aromatic heterocycles. The van der Waals surface area contributed by atoms with Crippen LogP contribution in [0.1, 0.15) is 24.3 Å². The summed E-state index contributed by atoms with van der Waals surface area (Å²) in [4.78, 5) is 13.2. The number of hydrogen-bond acceptors (Lipinski definition) is 3.